The molecule has 2 amide bonds. The average Bonchev–Trinajstić information content (AvgIpc) is 2.68. The maximum atomic E-state index is 13.6. The van der Waals surface area contributed by atoms with Crippen LogP contribution in [0.25, 0.3) is 0 Å². The molecule has 0 aliphatic heterocycles. The molecule has 0 aliphatic carbocycles. The molecule has 0 bridgehead atoms. The summed E-state index contributed by atoms with van der Waals surface area (Å²) in [6.07, 6.45) is 3.09. The van der Waals surface area contributed by atoms with Crippen molar-refractivity contribution in [2.75, 3.05) is 5.32 Å². The number of nitrogens with one attached hydrogen (secondary N) is 2. The molecule has 26 heavy (non-hydrogen) atoms. The number of amides is 2. The Balaban J connectivity index is 1.57. The van der Waals surface area contributed by atoms with Crippen molar-refractivity contribution < 1.29 is 14.0 Å². The van der Waals surface area contributed by atoms with Gasteiger partial charge in [-0.3, -0.25) is 14.6 Å². The van der Waals surface area contributed by atoms with Gasteiger partial charge in [-0.1, -0.05) is 24.3 Å². The van der Waals surface area contributed by atoms with Crippen LogP contribution in [-0.4, -0.2) is 16.8 Å². The van der Waals surface area contributed by atoms with Crippen LogP contribution in [0, 0.1) is 5.82 Å². The number of hydrogen-bond acceptors (Lipinski definition) is 3. The number of benzene rings is 2. The molecule has 0 aliphatic rings. The summed E-state index contributed by atoms with van der Waals surface area (Å²) in [5.41, 5.74) is 1.93. The highest BCUT2D eigenvalue weighted by molar-refractivity contribution is 6.04. The van der Waals surface area contributed by atoms with Gasteiger partial charge in [0.05, 0.1) is 11.1 Å². The van der Waals surface area contributed by atoms with Crippen molar-refractivity contribution in [3.8, 4) is 0 Å². The Morgan fingerprint density at radius 1 is 0.923 bits per heavy atom. The van der Waals surface area contributed by atoms with Crippen molar-refractivity contribution in [3.05, 3.63) is 95.6 Å². The third kappa shape index (κ3) is 4.30. The Morgan fingerprint density at radius 2 is 1.69 bits per heavy atom. The summed E-state index contributed by atoms with van der Waals surface area (Å²) in [7, 11) is 0. The van der Waals surface area contributed by atoms with Crippen LogP contribution >= 0.6 is 0 Å². The number of anilines is 1. The number of hydrogen-bond donors (Lipinski definition) is 2. The molecular weight excluding hydrogens is 333 g/mol. The number of aromatic nitrogens is 1. The van der Waals surface area contributed by atoms with Crippen molar-refractivity contribution >= 4 is 17.5 Å². The van der Waals surface area contributed by atoms with E-state index >= 15 is 0 Å². The largest absolute Gasteiger partial charge is 0.348 e. The molecule has 3 rings (SSSR count). The summed E-state index contributed by atoms with van der Waals surface area (Å²) < 4.78 is 13.6. The topological polar surface area (TPSA) is 71.1 Å². The Kier molecular flexibility index (Phi) is 5.34. The molecule has 0 atom stereocenters. The molecule has 130 valence electrons. The van der Waals surface area contributed by atoms with E-state index in [9.17, 15) is 14.0 Å². The lowest BCUT2D eigenvalue weighted by molar-refractivity contribution is 0.0946. The molecule has 1 aromatic heterocycles. The van der Waals surface area contributed by atoms with Gasteiger partial charge in [0.2, 0.25) is 0 Å². The highest BCUT2D eigenvalue weighted by Crippen LogP contribution is 2.12. The molecule has 0 unspecified atom stereocenters. The third-order valence-corrected chi connectivity index (χ3v) is 3.71. The predicted molar refractivity (Wildman–Crippen MR) is 96.2 cm³/mol. The normalized spacial score (nSPS) is 10.2. The molecule has 2 N–H and O–H groups in total. The van der Waals surface area contributed by atoms with Crippen molar-refractivity contribution in [1.82, 2.24) is 10.3 Å². The smallest absolute Gasteiger partial charge is 0.257 e. The minimum atomic E-state index is -0.557. The lowest BCUT2D eigenvalue weighted by Crippen LogP contribution is -2.23. The first-order valence-corrected chi connectivity index (χ1v) is 7.96. The SMILES string of the molecule is O=C(Nc1ccc(CNC(=O)c2ccccc2F)cc1)c1cccnc1. The summed E-state index contributed by atoms with van der Waals surface area (Å²) in [6, 6.07) is 16.2. The highest BCUT2D eigenvalue weighted by atomic mass is 19.1. The summed E-state index contributed by atoms with van der Waals surface area (Å²) in [6.45, 7) is 0.254. The van der Waals surface area contributed by atoms with Crippen molar-refractivity contribution in [2.24, 2.45) is 0 Å². The van der Waals surface area contributed by atoms with Crippen LogP contribution < -0.4 is 10.6 Å². The molecule has 1 heterocycles. The molecule has 2 aromatic carbocycles. The monoisotopic (exact) mass is 349 g/mol. The van der Waals surface area contributed by atoms with E-state index in [4.69, 9.17) is 0 Å². The lowest BCUT2D eigenvalue weighted by atomic mass is 10.1. The zero-order chi connectivity index (χ0) is 18.4. The molecule has 0 radical (unpaired) electrons. The average molecular weight is 349 g/mol. The van der Waals surface area contributed by atoms with E-state index in [1.807, 2.05) is 0 Å². The van der Waals surface area contributed by atoms with E-state index in [1.54, 1.807) is 48.7 Å². The molecule has 6 heteroatoms. The van der Waals surface area contributed by atoms with Crippen LogP contribution in [0.4, 0.5) is 10.1 Å². The second-order valence-electron chi connectivity index (χ2n) is 5.56. The van der Waals surface area contributed by atoms with Gasteiger partial charge in [-0.2, -0.15) is 0 Å². The highest BCUT2D eigenvalue weighted by Gasteiger charge is 2.10. The van der Waals surface area contributed by atoms with Gasteiger partial charge < -0.3 is 10.6 Å². The number of halogens is 1. The van der Waals surface area contributed by atoms with E-state index in [-0.39, 0.29) is 18.0 Å². The second-order valence-corrected chi connectivity index (χ2v) is 5.56. The van der Waals surface area contributed by atoms with Crippen LogP contribution in [0.5, 0.6) is 0 Å². The molecule has 0 spiro atoms. The van der Waals surface area contributed by atoms with Gasteiger partial charge in [0.15, 0.2) is 0 Å². The van der Waals surface area contributed by atoms with Gasteiger partial charge in [-0.05, 0) is 42.0 Å². The van der Waals surface area contributed by atoms with E-state index in [1.165, 1.54) is 24.4 Å². The quantitative estimate of drug-likeness (QED) is 0.742. The minimum absolute atomic E-state index is 0.00727. The van der Waals surface area contributed by atoms with Crippen LogP contribution in [0.2, 0.25) is 0 Å². The summed E-state index contributed by atoms with van der Waals surface area (Å²) in [5.74, 6) is -1.28. The van der Waals surface area contributed by atoms with Crippen molar-refractivity contribution in [3.63, 3.8) is 0 Å². The van der Waals surface area contributed by atoms with Gasteiger partial charge in [-0.25, -0.2) is 4.39 Å². The van der Waals surface area contributed by atoms with Crippen molar-refractivity contribution in [1.29, 1.82) is 0 Å². The number of pyridine rings is 1. The first-order valence-electron chi connectivity index (χ1n) is 7.96. The number of rotatable bonds is 5. The predicted octanol–water partition coefficient (Wildman–Crippen LogP) is 3.40. The van der Waals surface area contributed by atoms with Crippen LogP contribution in [-0.2, 0) is 6.54 Å². The Morgan fingerprint density at radius 3 is 2.38 bits per heavy atom. The fraction of sp³-hybridized carbons (Fsp3) is 0.0500. The summed E-state index contributed by atoms with van der Waals surface area (Å²) in [5, 5.41) is 5.44. The van der Waals surface area contributed by atoms with Gasteiger partial charge in [-0.15, -0.1) is 0 Å². The number of nitrogens with zero attached hydrogens (tertiary/aromatic N) is 1. The first-order chi connectivity index (χ1) is 12.6. The minimum Gasteiger partial charge on any atom is -0.348 e. The van der Waals surface area contributed by atoms with E-state index < -0.39 is 11.7 Å². The maximum absolute atomic E-state index is 13.6. The van der Waals surface area contributed by atoms with E-state index in [0.717, 1.165) is 5.56 Å². The van der Waals surface area contributed by atoms with E-state index in [0.29, 0.717) is 11.3 Å². The standard InChI is InChI=1S/C20H16FN3O2/c21-18-6-2-1-5-17(18)20(26)23-12-14-7-9-16(10-8-14)24-19(25)15-4-3-11-22-13-15/h1-11,13H,12H2,(H,23,26)(H,24,25). The van der Waals surface area contributed by atoms with Gasteiger partial charge in [0.25, 0.3) is 11.8 Å². The van der Waals surface area contributed by atoms with Gasteiger partial charge in [0.1, 0.15) is 5.82 Å². The Bertz CT molecular complexity index is 912. The molecule has 0 fully saturated rings. The lowest BCUT2D eigenvalue weighted by Gasteiger charge is -2.08. The molecule has 3 aromatic rings. The second kappa shape index (κ2) is 8.02. The third-order valence-electron chi connectivity index (χ3n) is 3.71. The van der Waals surface area contributed by atoms with Crippen LogP contribution in [0.15, 0.2) is 73.1 Å². The van der Waals surface area contributed by atoms with Crippen LogP contribution in [0.3, 0.4) is 0 Å². The van der Waals surface area contributed by atoms with E-state index in [2.05, 4.69) is 15.6 Å². The van der Waals surface area contributed by atoms with Gasteiger partial charge in [0, 0.05) is 24.6 Å². The van der Waals surface area contributed by atoms with Crippen molar-refractivity contribution in [2.45, 2.75) is 6.54 Å². The fourth-order valence-corrected chi connectivity index (χ4v) is 2.33. The summed E-state index contributed by atoms with van der Waals surface area (Å²) >= 11 is 0. The van der Waals surface area contributed by atoms with Crippen LogP contribution in [0.1, 0.15) is 26.3 Å². The molecular formula is C20H16FN3O2. The maximum Gasteiger partial charge on any atom is 0.257 e. The molecule has 0 saturated carbocycles. The number of carbonyl (C=O) groups excluding carboxylic acids is 2. The molecule has 0 saturated heterocycles. The first kappa shape index (κ1) is 17.3. The Hall–Kier alpha value is -3.54. The zero-order valence-corrected chi connectivity index (χ0v) is 13.8. The summed E-state index contributed by atoms with van der Waals surface area (Å²) in [4.78, 5) is 28.0. The number of carbonyl (C=O) groups is 2. The van der Waals surface area contributed by atoms with Gasteiger partial charge >= 0.3 is 0 Å². The fourth-order valence-electron chi connectivity index (χ4n) is 2.33. The molecule has 5 nitrogen and oxygen atoms in total. The zero-order valence-electron chi connectivity index (χ0n) is 13.8. The Labute approximate surface area is 149 Å².